The van der Waals surface area contributed by atoms with Gasteiger partial charge in [0.15, 0.2) is 0 Å². The zero-order chi connectivity index (χ0) is 11.6. The molecular formula is C11H14ClN3. The maximum Gasteiger partial charge on any atom is 0.137 e. The lowest BCUT2D eigenvalue weighted by Crippen LogP contribution is -2.29. The summed E-state index contributed by atoms with van der Waals surface area (Å²) >= 11 is 5.95. The first-order valence-corrected chi connectivity index (χ1v) is 5.00. The van der Waals surface area contributed by atoms with Crippen molar-refractivity contribution in [3.05, 3.63) is 16.5 Å². The molecule has 1 aromatic rings. The predicted octanol–water partition coefficient (Wildman–Crippen LogP) is 2.57. The Kier molecular flexibility index (Phi) is 3.21. The van der Waals surface area contributed by atoms with E-state index in [1.807, 2.05) is 20.8 Å². The second kappa shape index (κ2) is 4.08. The fourth-order valence-electron chi connectivity index (χ4n) is 1.05. The van der Waals surface area contributed by atoms with Crippen LogP contribution in [-0.2, 0) is 0 Å². The van der Waals surface area contributed by atoms with Crippen LogP contribution in [0.4, 0.5) is 5.82 Å². The van der Waals surface area contributed by atoms with Gasteiger partial charge in [-0.25, -0.2) is 9.97 Å². The van der Waals surface area contributed by atoms with Crippen molar-refractivity contribution in [2.45, 2.75) is 33.2 Å². The summed E-state index contributed by atoms with van der Waals surface area (Å²) in [6.07, 6.45) is 5.39. The van der Waals surface area contributed by atoms with Gasteiger partial charge in [0.2, 0.25) is 0 Å². The molecule has 1 aromatic heterocycles. The third-order valence-electron chi connectivity index (χ3n) is 1.99. The van der Waals surface area contributed by atoms with Crippen molar-refractivity contribution in [2.75, 3.05) is 5.32 Å². The molecule has 0 amide bonds. The van der Waals surface area contributed by atoms with Gasteiger partial charge in [0.25, 0.3) is 0 Å². The van der Waals surface area contributed by atoms with Crippen LogP contribution in [0, 0.1) is 26.2 Å². The first-order valence-electron chi connectivity index (χ1n) is 4.62. The summed E-state index contributed by atoms with van der Waals surface area (Å²) in [6.45, 7) is 7.45. The summed E-state index contributed by atoms with van der Waals surface area (Å²) in [5.41, 5.74) is 0.361. The normalized spacial score (nSPS) is 10.9. The minimum Gasteiger partial charge on any atom is -0.354 e. The van der Waals surface area contributed by atoms with Crippen molar-refractivity contribution in [1.82, 2.24) is 9.97 Å². The Morgan fingerprint density at radius 1 is 1.33 bits per heavy atom. The fraction of sp³-hybridized carbons (Fsp3) is 0.455. The Hall–Kier alpha value is -1.27. The molecule has 1 N–H and O–H groups in total. The van der Waals surface area contributed by atoms with Crippen LogP contribution in [0.25, 0.3) is 0 Å². The lowest BCUT2D eigenvalue weighted by atomic mass is 10.1. The Morgan fingerprint density at radius 2 is 1.93 bits per heavy atom. The van der Waals surface area contributed by atoms with E-state index in [-0.39, 0.29) is 0 Å². The maximum atomic E-state index is 5.95. The van der Waals surface area contributed by atoms with Gasteiger partial charge in [-0.05, 0) is 27.7 Å². The topological polar surface area (TPSA) is 37.8 Å². The molecule has 0 fully saturated rings. The monoisotopic (exact) mass is 223 g/mol. The molecule has 0 saturated heterocycles. The average Bonchev–Trinajstić information content (AvgIpc) is 2.13. The van der Waals surface area contributed by atoms with Gasteiger partial charge in [-0.1, -0.05) is 17.5 Å². The Morgan fingerprint density at radius 3 is 2.47 bits per heavy atom. The van der Waals surface area contributed by atoms with Crippen LogP contribution in [0.3, 0.4) is 0 Å². The zero-order valence-electron chi connectivity index (χ0n) is 9.35. The van der Waals surface area contributed by atoms with Gasteiger partial charge in [-0.2, -0.15) is 0 Å². The highest BCUT2D eigenvalue weighted by molar-refractivity contribution is 6.30. The quantitative estimate of drug-likeness (QED) is 0.619. The van der Waals surface area contributed by atoms with Gasteiger partial charge in [-0.15, -0.1) is 6.42 Å². The molecule has 0 aromatic carbocycles. The molecule has 80 valence electrons. The molecule has 0 unspecified atom stereocenters. The number of rotatable bonds is 2. The Labute approximate surface area is 95.3 Å². The summed E-state index contributed by atoms with van der Waals surface area (Å²) in [4.78, 5) is 8.32. The minimum atomic E-state index is -0.450. The van der Waals surface area contributed by atoms with Crippen molar-refractivity contribution >= 4 is 17.4 Å². The standard InChI is InChI=1S/C11H14ClN3/c1-6-11(4,5)15-10-7(2)9(12)13-8(3)14-10/h1H,2-5H3,(H,13,14,15). The molecule has 0 radical (unpaired) electrons. The average molecular weight is 224 g/mol. The molecule has 0 spiro atoms. The molecule has 1 heterocycles. The number of nitrogens with one attached hydrogen (secondary N) is 1. The Bertz CT molecular complexity index is 419. The van der Waals surface area contributed by atoms with Crippen LogP contribution in [0.15, 0.2) is 0 Å². The van der Waals surface area contributed by atoms with E-state index in [0.29, 0.717) is 16.8 Å². The van der Waals surface area contributed by atoms with Crippen LogP contribution < -0.4 is 5.32 Å². The minimum absolute atomic E-state index is 0.450. The first-order chi connectivity index (χ1) is 6.85. The number of hydrogen-bond donors (Lipinski definition) is 1. The van der Waals surface area contributed by atoms with Crippen LogP contribution in [0.5, 0.6) is 0 Å². The molecular weight excluding hydrogens is 210 g/mol. The van der Waals surface area contributed by atoms with E-state index in [0.717, 1.165) is 5.56 Å². The molecule has 1 rings (SSSR count). The van der Waals surface area contributed by atoms with Crippen molar-refractivity contribution in [3.63, 3.8) is 0 Å². The zero-order valence-corrected chi connectivity index (χ0v) is 10.1. The van der Waals surface area contributed by atoms with E-state index in [4.69, 9.17) is 18.0 Å². The van der Waals surface area contributed by atoms with Gasteiger partial charge in [0.1, 0.15) is 16.8 Å². The third-order valence-corrected chi connectivity index (χ3v) is 2.36. The van der Waals surface area contributed by atoms with Gasteiger partial charge in [0.05, 0.1) is 5.54 Å². The van der Waals surface area contributed by atoms with E-state index in [9.17, 15) is 0 Å². The molecule has 0 bridgehead atoms. The molecule has 15 heavy (non-hydrogen) atoms. The van der Waals surface area contributed by atoms with E-state index < -0.39 is 5.54 Å². The number of hydrogen-bond acceptors (Lipinski definition) is 3. The summed E-state index contributed by atoms with van der Waals surface area (Å²) in [5, 5.41) is 3.60. The molecule has 4 heteroatoms. The van der Waals surface area contributed by atoms with Crippen molar-refractivity contribution in [2.24, 2.45) is 0 Å². The van der Waals surface area contributed by atoms with Crippen LogP contribution in [-0.4, -0.2) is 15.5 Å². The van der Waals surface area contributed by atoms with Crippen molar-refractivity contribution in [1.29, 1.82) is 0 Å². The number of aryl methyl sites for hydroxylation is 1. The second-order valence-electron chi connectivity index (χ2n) is 3.93. The highest BCUT2D eigenvalue weighted by Gasteiger charge is 2.17. The lowest BCUT2D eigenvalue weighted by Gasteiger charge is -2.21. The molecule has 0 aliphatic rings. The van der Waals surface area contributed by atoms with Crippen LogP contribution in [0.2, 0.25) is 5.15 Å². The summed E-state index contributed by atoms with van der Waals surface area (Å²) in [6, 6.07) is 0. The molecule has 0 aliphatic heterocycles. The maximum absolute atomic E-state index is 5.95. The highest BCUT2D eigenvalue weighted by atomic mass is 35.5. The van der Waals surface area contributed by atoms with E-state index in [2.05, 4.69) is 21.2 Å². The highest BCUT2D eigenvalue weighted by Crippen LogP contribution is 2.22. The molecule has 3 nitrogen and oxygen atoms in total. The molecule has 0 saturated carbocycles. The third kappa shape index (κ3) is 2.84. The smallest absolute Gasteiger partial charge is 0.137 e. The van der Waals surface area contributed by atoms with Crippen LogP contribution in [0.1, 0.15) is 25.2 Å². The molecule has 0 atom stereocenters. The summed E-state index contributed by atoms with van der Waals surface area (Å²) < 4.78 is 0. The van der Waals surface area contributed by atoms with Gasteiger partial charge in [-0.3, -0.25) is 0 Å². The largest absolute Gasteiger partial charge is 0.354 e. The van der Waals surface area contributed by atoms with Crippen molar-refractivity contribution in [3.8, 4) is 12.3 Å². The number of terminal acetylenes is 1. The summed E-state index contributed by atoms with van der Waals surface area (Å²) in [7, 11) is 0. The van der Waals surface area contributed by atoms with E-state index in [1.54, 1.807) is 6.92 Å². The number of aromatic nitrogens is 2. The number of anilines is 1. The Balaban J connectivity index is 3.11. The first kappa shape index (κ1) is 11.8. The fourth-order valence-corrected chi connectivity index (χ4v) is 1.26. The number of nitrogens with zero attached hydrogens (tertiary/aromatic N) is 2. The number of halogens is 1. The van der Waals surface area contributed by atoms with Gasteiger partial charge >= 0.3 is 0 Å². The van der Waals surface area contributed by atoms with Gasteiger partial charge < -0.3 is 5.32 Å². The molecule has 0 aliphatic carbocycles. The van der Waals surface area contributed by atoms with E-state index >= 15 is 0 Å². The van der Waals surface area contributed by atoms with E-state index in [1.165, 1.54) is 0 Å². The van der Waals surface area contributed by atoms with Gasteiger partial charge in [0, 0.05) is 5.56 Å². The van der Waals surface area contributed by atoms with Crippen molar-refractivity contribution < 1.29 is 0 Å². The SMILES string of the molecule is C#CC(C)(C)Nc1nc(C)nc(Cl)c1C. The lowest BCUT2D eigenvalue weighted by molar-refractivity contribution is 0.732. The van der Waals surface area contributed by atoms with Crippen LogP contribution >= 0.6 is 11.6 Å². The summed E-state index contributed by atoms with van der Waals surface area (Å²) in [5.74, 6) is 3.96. The second-order valence-corrected chi connectivity index (χ2v) is 4.29. The predicted molar refractivity (Wildman–Crippen MR) is 63.1 cm³/mol.